The minimum atomic E-state index is -0.652. The molecular weight excluding hydrogens is 234 g/mol. The van der Waals surface area contributed by atoms with E-state index in [1.54, 1.807) is 0 Å². The number of rotatable bonds is 7. The average molecular weight is 255 g/mol. The van der Waals surface area contributed by atoms with Gasteiger partial charge in [-0.05, 0) is 12.5 Å². The molecule has 6 nitrogen and oxygen atoms in total. The Morgan fingerprint density at radius 2 is 2.17 bits per heavy atom. The zero-order chi connectivity index (χ0) is 13.5. The van der Waals surface area contributed by atoms with E-state index in [0.717, 1.165) is 6.54 Å². The van der Waals surface area contributed by atoms with Crippen LogP contribution in [0.5, 0.6) is 5.88 Å². The summed E-state index contributed by atoms with van der Waals surface area (Å²) >= 11 is 0. The first-order valence-corrected chi connectivity index (χ1v) is 6.04. The maximum Gasteiger partial charge on any atom is 0.267 e. The Bertz CT molecular complexity index is 417. The van der Waals surface area contributed by atoms with E-state index in [9.17, 15) is 9.90 Å². The van der Waals surface area contributed by atoms with E-state index in [2.05, 4.69) is 24.3 Å². The van der Waals surface area contributed by atoms with Gasteiger partial charge in [0.2, 0.25) is 5.88 Å². The van der Waals surface area contributed by atoms with E-state index in [-0.39, 0.29) is 12.1 Å². The summed E-state index contributed by atoms with van der Waals surface area (Å²) in [7, 11) is 1.48. The maximum absolute atomic E-state index is 11.5. The van der Waals surface area contributed by atoms with Gasteiger partial charge in [-0.3, -0.25) is 4.79 Å². The third kappa shape index (κ3) is 4.85. The Balaban J connectivity index is 2.53. The molecule has 0 aliphatic heterocycles. The van der Waals surface area contributed by atoms with Crippen molar-refractivity contribution >= 4 is 0 Å². The van der Waals surface area contributed by atoms with Crippen LogP contribution in [-0.2, 0) is 6.54 Å². The molecule has 18 heavy (non-hydrogen) atoms. The SMILES string of the molecule is COc1ccc(=O)n(CC(O)CNCC(C)C)n1. The summed E-state index contributed by atoms with van der Waals surface area (Å²) in [5.41, 5.74) is -0.251. The van der Waals surface area contributed by atoms with E-state index in [0.29, 0.717) is 18.3 Å². The number of hydrogen-bond donors (Lipinski definition) is 2. The van der Waals surface area contributed by atoms with Crippen LogP contribution in [0.15, 0.2) is 16.9 Å². The molecule has 0 aliphatic carbocycles. The Hall–Kier alpha value is -1.40. The van der Waals surface area contributed by atoms with E-state index in [1.807, 2.05) is 0 Å². The van der Waals surface area contributed by atoms with Gasteiger partial charge in [0.1, 0.15) is 0 Å². The minimum absolute atomic E-state index is 0.154. The molecule has 0 saturated heterocycles. The van der Waals surface area contributed by atoms with Crippen LogP contribution >= 0.6 is 0 Å². The molecule has 6 heteroatoms. The highest BCUT2D eigenvalue weighted by molar-refractivity contribution is 5.06. The summed E-state index contributed by atoms with van der Waals surface area (Å²) in [6.45, 7) is 5.60. The predicted octanol–water partition coefficient (Wildman–Crippen LogP) is -0.142. The molecule has 1 aromatic rings. The van der Waals surface area contributed by atoms with Crippen molar-refractivity contribution in [2.45, 2.75) is 26.5 Å². The van der Waals surface area contributed by atoms with E-state index < -0.39 is 6.10 Å². The molecule has 1 heterocycles. The molecule has 0 aromatic carbocycles. The fraction of sp³-hybridized carbons (Fsp3) is 0.667. The van der Waals surface area contributed by atoms with Gasteiger partial charge in [0.05, 0.1) is 19.8 Å². The predicted molar refractivity (Wildman–Crippen MR) is 68.8 cm³/mol. The van der Waals surface area contributed by atoms with Gasteiger partial charge >= 0.3 is 0 Å². The van der Waals surface area contributed by atoms with Crippen LogP contribution < -0.4 is 15.6 Å². The second-order valence-electron chi connectivity index (χ2n) is 4.60. The first-order chi connectivity index (χ1) is 8.52. The van der Waals surface area contributed by atoms with Crippen LogP contribution in [0.4, 0.5) is 0 Å². The standard InChI is InChI=1S/C12H21N3O3/c1-9(2)6-13-7-10(16)8-15-12(17)5-4-11(14-15)18-3/h4-5,9-10,13,16H,6-8H2,1-3H3. The molecule has 0 spiro atoms. The van der Waals surface area contributed by atoms with Crippen molar-refractivity contribution in [1.82, 2.24) is 15.1 Å². The highest BCUT2D eigenvalue weighted by atomic mass is 16.5. The molecule has 1 aromatic heterocycles. The molecule has 0 radical (unpaired) electrons. The first kappa shape index (κ1) is 14.7. The normalized spacial score (nSPS) is 12.7. The maximum atomic E-state index is 11.5. The monoisotopic (exact) mass is 255 g/mol. The summed E-state index contributed by atoms with van der Waals surface area (Å²) in [6, 6.07) is 2.88. The number of ether oxygens (including phenoxy) is 1. The number of methoxy groups -OCH3 is 1. The van der Waals surface area contributed by atoms with Crippen LogP contribution in [-0.4, -0.2) is 41.2 Å². The van der Waals surface area contributed by atoms with Gasteiger partial charge in [0.15, 0.2) is 0 Å². The van der Waals surface area contributed by atoms with Crippen molar-refractivity contribution in [3.63, 3.8) is 0 Å². The molecule has 1 rings (SSSR count). The fourth-order valence-electron chi connectivity index (χ4n) is 1.47. The van der Waals surface area contributed by atoms with Gasteiger partial charge in [-0.25, -0.2) is 4.68 Å². The second-order valence-corrected chi connectivity index (χ2v) is 4.60. The van der Waals surface area contributed by atoms with Gasteiger partial charge in [0.25, 0.3) is 5.56 Å². The van der Waals surface area contributed by atoms with Gasteiger partial charge in [0, 0.05) is 18.7 Å². The van der Waals surface area contributed by atoms with Gasteiger partial charge < -0.3 is 15.2 Å². The number of aromatic nitrogens is 2. The lowest BCUT2D eigenvalue weighted by Gasteiger charge is -2.14. The van der Waals surface area contributed by atoms with Crippen molar-refractivity contribution < 1.29 is 9.84 Å². The molecule has 0 fully saturated rings. The highest BCUT2D eigenvalue weighted by Crippen LogP contribution is 1.99. The van der Waals surface area contributed by atoms with Gasteiger partial charge in [-0.1, -0.05) is 13.8 Å². The van der Waals surface area contributed by atoms with Crippen molar-refractivity contribution in [2.75, 3.05) is 20.2 Å². The Morgan fingerprint density at radius 3 is 2.78 bits per heavy atom. The lowest BCUT2D eigenvalue weighted by molar-refractivity contribution is 0.142. The summed E-state index contributed by atoms with van der Waals surface area (Å²) in [6.07, 6.45) is -0.652. The molecular formula is C12H21N3O3. The summed E-state index contributed by atoms with van der Waals surface area (Å²) in [5, 5.41) is 16.9. The molecule has 1 atom stereocenters. The molecule has 0 aliphatic rings. The lowest BCUT2D eigenvalue weighted by Crippen LogP contribution is -2.36. The smallest absolute Gasteiger partial charge is 0.267 e. The molecule has 0 bridgehead atoms. The summed E-state index contributed by atoms with van der Waals surface area (Å²) in [5.74, 6) is 0.881. The minimum Gasteiger partial charge on any atom is -0.480 e. The van der Waals surface area contributed by atoms with Crippen molar-refractivity contribution in [1.29, 1.82) is 0 Å². The summed E-state index contributed by atoms with van der Waals surface area (Å²) in [4.78, 5) is 11.5. The second kappa shape index (κ2) is 7.13. The van der Waals surface area contributed by atoms with Crippen LogP contribution in [0.3, 0.4) is 0 Å². The lowest BCUT2D eigenvalue weighted by atomic mass is 10.2. The zero-order valence-corrected chi connectivity index (χ0v) is 11.1. The van der Waals surface area contributed by atoms with E-state index >= 15 is 0 Å². The topological polar surface area (TPSA) is 76.4 Å². The number of hydrogen-bond acceptors (Lipinski definition) is 5. The number of aliphatic hydroxyl groups excluding tert-OH is 1. The zero-order valence-electron chi connectivity index (χ0n) is 11.1. The molecule has 1 unspecified atom stereocenters. The Morgan fingerprint density at radius 1 is 1.44 bits per heavy atom. The highest BCUT2D eigenvalue weighted by Gasteiger charge is 2.08. The largest absolute Gasteiger partial charge is 0.480 e. The van der Waals surface area contributed by atoms with Crippen LogP contribution in [0, 0.1) is 5.92 Å². The van der Waals surface area contributed by atoms with Gasteiger partial charge in [-0.2, -0.15) is 0 Å². The van der Waals surface area contributed by atoms with Crippen LogP contribution in [0.25, 0.3) is 0 Å². The van der Waals surface area contributed by atoms with E-state index in [1.165, 1.54) is 23.9 Å². The fourth-order valence-corrected chi connectivity index (χ4v) is 1.47. The molecule has 0 amide bonds. The van der Waals surface area contributed by atoms with E-state index in [4.69, 9.17) is 4.74 Å². The summed E-state index contributed by atoms with van der Waals surface area (Å²) < 4.78 is 6.14. The Kier molecular flexibility index (Phi) is 5.80. The van der Waals surface area contributed by atoms with Gasteiger partial charge in [-0.15, -0.1) is 5.10 Å². The van der Waals surface area contributed by atoms with Crippen molar-refractivity contribution in [3.8, 4) is 5.88 Å². The number of nitrogens with one attached hydrogen (secondary N) is 1. The Labute approximate surface area is 107 Å². The quantitative estimate of drug-likeness (QED) is 0.709. The number of nitrogens with zero attached hydrogens (tertiary/aromatic N) is 2. The van der Waals surface area contributed by atoms with Crippen LogP contribution in [0.1, 0.15) is 13.8 Å². The first-order valence-electron chi connectivity index (χ1n) is 6.04. The molecule has 2 N–H and O–H groups in total. The molecule has 0 saturated carbocycles. The number of aliphatic hydroxyl groups is 1. The third-order valence-corrected chi connectivity index (χ3v) is 2.37. The van der Waals surface area contributed by atoms with Crippen LogP contribution in [0.2, 0.25) is 0 Å². The average Bonchev–Trinajstić information content (AvgIpc) is 2.31. The molecule has 102 valence electrons. The van der Waals surface area contributed by atoms with Crippen molar-refractivity contribution in [3.05, 3.63) is 22.5 Å². The third-order valence-electron chi connectivity index (χ3n) is 2.37. The van der Waals surface area contributed by atoms with Crippen molar-refractivity contribution in [2.24, 2.45) is 5.92 Å².